The Morgan fingerprint density at radius 3 is 2.29 bits per heavy atom. The van der Waals surface area contributed by atoms with Gasteiger partial charge in [-0.25, -0.2) is 0 Å². The topological polar surface area (TPSA) is 58.6 Å². The number of nitrogens with one attached hydrogen (secondary N) is 1. The fourth-order valence-corrected chi connectivity index (χ4v) is 4.33. The first kappa shape index (κ1) is 14.8. The molecule has 3 rings (SSSR count). The lowest BCUT2D eigenvalue weighted by molar-refractivity contribution is -0.165. The highest BCUT2D eigenvalue weighted by Gasteiger charge is 2.59. The second kappa shape index (κ2) is 5.27. The molecule has 2 spiro atoms. The lowest BCUT2D eigenvalue weighted by Crippen LogP contribution is -2.75. The van der Waals surface area contributed by atoms with E-state index >= 15 is 0 Å². The van der Waals surface area contributed by atoms with E-state index in [1.54, 1.807) is 7.11 Å². The van der Waals surface area contributed by atoms with Gasteiger partial charge >= 0.3 is 0 Å². The predicted molar refractivity (Wildman–Crippen MR) is 78.7 cm³/mol. The van der Waals surface area contributed by atoms with Crippen molar-refractivity contribution in [2.45, 2.75) is 75.5 Å². The van der Waals surface area contributed by atoms with Crippen LogP contribution in [-0.2, 0) is 14.3 Å². The van der Waals surface area contributed by atoms with Gasteiger partial charge in [-0.3, -0.25) is 9.59 Å². The van der Waals surface area contributed by atoms with Gasteiger partial charge in [0.05, 0.1) is 6.10 Å². The van der Waals surface area contributed by atoms with Crippen molar-refractivity contribution in [2.24, 2.45) is 0 Å². The molecule has 1 heterocycles. The second-order valence-corrected chi connectivity index (χ2v) is 6.94. The van der Waals surface area contributed by atoms with Crippen LogP contribution in [0.4, 0.5) is 0 Å². The van der Waals surface area contributed by atoms with Gasteiger partial charge < -0.3 is 15.0 Å². The molecular weight excluding hydrogens is 268 g/mol. The normalized spacial score (nSPS) is 28.4. The number of methoxy groups -OCH3 is 1. The van der Waals surface area contributed by atoms with E-state index in [2.05, 4.69) is 5.32 Å². The van der Waals surface area contributed by atoms with Crippen molar-refractivity contribution in [2.75, 3.05) is 13.7 Å². The van der Waals surface area contributed by atoms with E-state index in [-0.39, 0.29) is 17.9 Å². The SMILES string of the molecule is COC(C)CN1C(=O)C2(CCCC2)NC(=O)C12CCCC2. The molecule has 1 N–H and O–H groups in total. The fraction of sp³-hybridized carbons (Fsp3) is 0.875. The summed E-state index contributed by atoms with van der Waals surface area (Å²) in [5, 5.41) is 3.12. The molecule has 2 aliphatic carbocycles. The molecule has 118 valence electrons. The van der Waals surface area contributed by atoms with Gasteiger partial charge in [-0.2, -0.15) is 0 Å². The summed E-state index contributed by atoms with van der Waals surface area (Å²) >= 11 is 0. The van der Waals surface area contributed by atoms with Crippen LogP contribution in [0.1, 0.15) is 58.3 Å². The fourth-order valence-electron chi connectivity index (χ4n) is 4.33. The summed E-state index contributed by atoms with van der Waals surface area (Å²) in [6.45, 7) is 2.48. The maximum Gasteiger partial charge on any atom is 0.249 e. The highest BCUT2D eigenvalue weighted by Crippen LogP contribution is 2.44. The van der Waals surface area contributed by atoms with E-state index in [0.717, 1.165) is 51.4 Å². The number of ether oxygens (including phenoxy) is 1. The summed E-state index contributed by atoms with van der Waals surface area (Å²) in [6.07, 6.45) is 7.18. The van der Waals surface area contributed by atoms with E-state index in [1.165, 1.54) is 0 Å². The van der Waals surface area contributed by atoms with E-state index in [9.17, 15) is 9.59 Å². The minimum absolute atomic E-state index is 0.0456. The Hall–Kier alpha value is -1.10. The molecule has 5 nitrogen and oxygen atoms in total. The minimum Gasteiger partial charge on any atom is -0.380 e. The third-order valence-electron chi connectivity index (χ3n) is 5.68. The first-order valence-electron chi connectivity index (χ1n) is 8.22. The average molecular weight is 294 g/mol. The van der Waals surface area contributed by atoms with Crippen molar-refractivity contribution < 1.29 is 14.3 Å². The predicted octanol–water partition coefficient (Wildman–Crippen LogP) is 1.61. The van der Waals surface area contributed by atoms with Crippen LogP contribution < -0.4 is 5.32 Å². The zero-order chi connectivity index (χ0) is 15.1. The molecule has 3 fully saturated rings. The zero-order valence-electron chi connectivity index (χ0n) is 13.1. The van der Waals surface area contributed by atoms with Crippen molar-refractivity contribution in [1.82, 2.24) is 10.2 Å². The average Bonchev–Trinajstić information content (AvgIpc) is 3.12. The molecule has 0 aromatic carbocycles. The first-order valence-corrected chi connectivity index (χ1v) is 8.22. The van der Waals surface area contributed by atoms with Gasteiger partial charge in [-0.05, 0) is 32.6 Å². The third-order valence-corrected chi connectivity index (χ3v) is 5.68. The van der Waals surface area contributed by atoms with Crippen molar-refractivity contribution in [1.29, 1.82) is 0 Å². The number of hydrogen-bond acceptors (Lipinski definition) is 3. The van der Waals surface area contributed by atoms with Crippen LogP contribution in [0, 0.1) is 0 Å². The lowest BCUT2D eigenvalue weighted by atomic mass is 9.82. The van der Waals surface area contributed by atoms with Crippen molar-refractivity contribution in [3.8, 4) is 0 Å². The molecule has 5 heteroatoms. The molecule has 1 unspecified atom stereocenters. The molecule has 0 radical (unpaired) electrons. The van der Waals surface area contributed by atoms with Crippen LogP contribution in [0.3, 0.4) is 0 Å². The summed E-state index contributed by atoms with van der Waals surface area (Å²) in [5.41, 5.74) is -1.24. The molecule has 2 amide bonds. The third kappa shape index (κ3) is 2.17. The van der Waals surface area contributed by atoms with Crippen LogP contribution in [0.15, 0.2) is 0 Å². The summed E-state index contributed by atoms with van der Waals surface area (Å²) in [4.78, 5) is 27.9. The summed E-state index contributed by atoms with van der Waals surface area (Å²) < 4.78 is 5.36. The van der Waals surface area contributed by atoms with Crippen LogP contribution in [0.2, 0.25) is 0 Å². The van der Waals surface area contributed by atoms with E-state index in [0.29, 0.717) is 6.54 Å². The van der Waals surface area contributed by atoms with Gasteiger partial charge in [0.1, 0.15) is 11.1 Å². The summed E-state index contributed by atoms with van der Waals surface area (Å²) in [6, 6.07) is 0. The number of carbonyl (C=O) groups excluding carboxylic acids is 2. The van der Waals surface area contributed by atoms with Crippen LogP contribution >= 0.6 is 0 Å². The Balaban J connectivity index is 1.94. The van der Waals surface area contributed by atoms with Gasteiger partial charge in [0.2, 0.25) is 11.8 Å². The highest BCUT2D eigenvalue weighted by molar-refractivity contribution is 6.02. The molecule has 1 saturated heterocycles. The van der Waals surface area contributed by atoms with Gasteiger partial charge in [0.25, 0.3) is 0 Å². The zero-order valence-corrected chi connectivity index (χ0v) is 13.1. The Morgan fingerprint density at radius 1 is 1.14 bits per heavy atom. The van der Waals surface area contributed by atoms with Crippen LogP contribution in [-0.4, -0.2) is 47.6 Å². The number of hydrogen-bond donors (Lipinski definition) is 1. The Kier molecular flexibility index (Phi) is 3.72. The maximum atomic E-state index is 13.2. The molecule has 0 aromatic rings. The first-order chi connectivity index (χ1) is 10.0. The largest absolute Gasteiger partial charge is 0.380 e. The van der Waals surface area contributed by atoms with E-state index < -0.39 is 11.1 Å². The maximum absolute atomic E-state index is 13.2. The summed E-state index contributed by atoms with van der Waals surface area (Å²) in [7, 11) is 1.66. The molecule has 21 heavy (non-hydrogen) atoms. The second-order valence-electron chi connectivity index (χ2n) is 6.94. The van der Waals surface area contributed by atoms with Gasteiger partial charge in [-0.1, -0.05) is 25.7 Å². The number of amides is 2. The van der Waals surface area contributed by atoms with Crippen LogP contribution in [0.25, 0.3) is 0 Å². The van der Waals surface area contributed by atoms with Crippen molar-refractivity contribution in [3.05, 3.63) is 0 Å². The molecule has 3 aliphatic rings. The minimum atomic E-state index is -0.627. The standard InChI is InChI=1S/C16H26N2O3/c1-12(21-2)11-18-14(20)15(7-3-4-8-15)17-13(19)16(18)9-5-6-10-16/h12H,3-11H2,1-2H3,(H,17,19). The summed E-state index contributed by atoms with van der Waals surface area (Å²) in [5.74, 6) is 0.204. The number of nitrogens with zero attached hydrogens (tertiary/aromatic N) is 1. The van der Waals surface area contributed by atoms with Gasteiger partial charge in [-0.15, -0.1) is 0 Å². The molecule has 1 atom stereocenters. The van der Waals surface area contributed by atoms with Gasteiger partial charge in [0.15, 0.2) is 0 Å². The van der Waals surface area contributed by atoms with Gasteiger partial charge in [0, 0.05) is 13.7 Å². The molecule has 0 aromatic heterocycles. The molecule has 0 bridgehead atoms. The van der Waals surface area contributed by atoms with Crippen molar-refractivity contribution >= 4 is 11.8 Å². The Labute approximate surface area is 126 Å². The quantitative estimate of drug-likeness (QED) is 0.860. The molecule has 1 aliphatic heterocycles. The monoisotopic (exact) mass is 294 g/mol. The van der Waals surface area contributed by atoms with E-state index in [1.807, 2.05) is 11.8 Å². The molecule has 2 saturated carbocycles. The number of rotatable bonds is 3. The Bertz CT molecular complexity index is 437. The lowest BCUT2D eigenvalue weighted by Gasteiger charge is -2.51. The number of piperazine rings is 1. The molecular formula is C16H26N2O3. The Morgan fingerprint density at radius 2 is 1.71 bits per heavy atom. The van der Waals surface area contributed by atoms with Crippen molar-refractivity contribution in [3.63, 3.8) is 0 Å². The van der Waals surface area contributed by atoms with E-state index in [4.69, 9.17) is 4.74 Å². The smallest absolute Gasteiger partial charge is 0.249 e. The van der Waals surface area contributed by atoms with Crippen LogP contribution in [0.5, 0.6) is 0 Å². The highest BCUT2D eigenvalue weighted by atomic mass is 16.5. The number of carbonyl (C=O) groups is 2.